The second-order valence-corrected chi connectivity index (χ2v) is 19.3. The van der Waals surface area contributed by atoms with Crippen LogP contribution in [-0.2, 0) is 14.2 Å². The lowest BCUT2D eigenvalue weighted by molar-refractivity contribution is 0.00664. The van der Waals surface area contributed by atoms with Crippen LogP contribution in [0.2, 0.25) is 0 Å². The normalized spacial score (nSPS) is 10.2. The van der Waals surface area contributed by atoms with E-state index in [9.17, 15) is 43.2 Å². The maximum absolute atomic E-state index is 12.5. The van der Waals surface area contributed by atoms with Crippen molar-refractivity contribution >= 4 is 35.3 Å². The number of pyridine rings is 9. The zero-order chi connectivity index (χ0) is 65.4. The molecule has 25 nitrogen and oxygen atoms in total. The number of methoxy groups -OCH3 is 2. The van der Waals surface area contributed by atoms with Crippen molar-refractivity contribution in [2.24, 2.45) is 0 Å². The Balaban J connectivity index is 0.000000199. The minimum absolute atomic E-state index is 0.00301. The first-order valence-corrected chi connectivity index (χ1v) is 26.6. The van der Waals surface area contributed by atoms with Crippen LogP contribution in [-0.4, -0.2) is 92.0 Å². The Kier molecular flexibility index (Phi) is 24.6. The Labute approximate surface area is 508 Å². The SMILES string of the molecule is COC(=O)c1cccn(-c2cccnc2C)c1=O.COC(=O)c1cccoc1=O.Cc1ncccc1-n1cccc(C(=O)O)c1=O.Cc1ncccc1-n1cccc(C(=O)OC(C)(C)C)c1=O.Cc1ncccc1-n1cccc(N)c1=O.Nc1cccnc1. The summed E-state index contributed by atoms with van der Waals surface area (Å²) in [4.78, 5) is 124. The molecule has 0 atom stereocenters. The van der Waals surface area contributed by atoms with Gasteiger partial charge in [-0.15, -0.1) is 0 Å². The Morgan fingerprint density at radius 1 is 0.461 bits per heavy atom. The summed E-state index contributed by atoms with van der Waals surface area (Å²) in [5, 5.41) is 8.88. The Morgan fingerprint density at radius 2 is 0.820 bits per heavy atom. The Morgan fingerprint density at radius 3 is 1.17 bits per heavy atom. The van der Waals surface area contributed by atoms with Crippen LogP contribution >= 0.6 is 0 Å². The van der Waals surface area contributed by atoms with Crippen LogP contribution in [0.5, 0.6) is 0 Å². The third-order valence-electron chi connectivity index (χ3n) is 11.9. The number of carbonyl (C=O) groups is 4. The van der Waals surface area contributed by atoms with Gasteiger partial charge in [-0.25, -0.2) is 24.0 Å². The number of hydrogen-bond acceptors (Lipinski definition) is 20. The third kappa shape index (κ3) is 19.0. The number of carboxylic acids is 1. The van der Waals surface area contributed by atoms with Gasteiger partial charge in [-0.3, -0.25) is 62.4 Å². The number of rotatable bonds is 8. The monoisotopic (exact) mass is 1210 g/mol. The molecule has 89 heavy (non-hydrogen) atoms. The van der Waals surface area contributed by atoms with E-state index in [0.29, 0.717) is 39.8 Å². The number of nitrogens with zero attached hydrogens (tertiary/aromatic N) is 9. The van der Waals surface area contributed by atoms with Gasteiger partial charge >= 0.3 is 29.5 Å². The molecule has 0 saturated carbocycles. The van der Waals surface area contributed by atoms with Gasteiger partial charge in [-0.1, -0.05) is 0 Å². The number of anilines is 2. The van der Waals surface area contributed by atoms with Gasteiger partial charge in [0.1, 0.15) is 27.9 Å². The van der Waals surface area contributed by atoms with Gasteiger partial charge in [-0.05, 0) is 170 Å². The molecule has 0 unspecified atom stereocenters. The zero-order valence-corrected chi connectivity index (χ0v) is 49.8. The number of esters is 3. The molecule has 0 spiro atoms. The minimum atomic E-state index is -1.23. The molecule has 458 valence electrons. The molecule has 10 aromatic heterocycles. The number of aromatic nitrogens is 9. The van der Waals surface area contributed by atoms with Crippen LogP contribution in [0.25, 0.3) is 22.7 Å². The number of carboxylic acid groups (broad SMARTS) is 1. The lowest BCUT2D eigenvalue weighted by Gasteiger charge is -2.19. The van der Waals surface area contributed by atoms with E-state index in [1.165, 1.54) is 81.3 Å². The molecule has 0 radical (unpaired) electrons. The number of nitrogens with two attached hydrogens (primary N) is 2. The molecule has 0 aromatic carbocycles. The van der Waals surface area contributed by atoms with Crippen LogP contribution in [0.15, 0.2) is 218 Å². The molecule has 0 aliphatic rings. The Hall–Kier alpha value is -12.0. The number of ether oxygens (including phenoxy) is 3. The van der Waals surface area contributed by atoms with Crippen molar-refractivity contribution in [1.29, 1.82) is 0 Å². The summed E-state index contributed by atoms with van der Waals surface area (Å²) in [6, 6.07) is 32.8. The third-order valence-corrected chi connectivity index (χ3v) is 11.9. The lowest BCUT2D eigenvalue weighted by Crippen LogP contribution is -2.30. The lowest BCUT2D eigenvalue weighted by atomic mass is 10.2. The number of aromatic carboxylic acids is 1. The number of hydrogen-bond donors (Lipinski definition) is 3. The van der Waals surface area contributed by atoms with Crippen molar-refractivity contribution in [3.63, 3.8) is 0 Å². The fourth-order valence-corrected chi connectivity index (χ4v) is 7.60. The topological polar surface area (TPSA) is 351 Å². The fraction of sp³-hybridized carbons (Fsp3) is 0.156. The van der Waals surface area contributed by atoms with Crippen molar-refractivity contribution in [3.8, 4) is 22.7 Å². The van der Waals surface area contributed by atoms with Gasteiger partial charge in [0.25, 0.3) is 22.2 Å². The minimum Gasteiger partial charge on any atom is -0.477 e. The van der Waals surface area contributed by atoms with Crippen molar-refractivity contribution in [3.05, 3.63) is 286 Å². The molecule has 5 N–H and O–H groups in total. The summed E-state index contributed by atoms with van der Waals surface area (Å²) in [5.74, 6) is -3.18. The molecule has 0 saturated heterocycles. The van der Waals surface area contributed by atoms with E-state index in [1.807, 2.05) is 19.9 Å². The first-order chi connectivity index (χ1) is 42.4. The molecule has 0 bridgehead atoms. The van der Waals surface area contributed by atoms with Crippen molar-refractivity contribution < 1.29 is 42.9 Å². The van der Waals surface area contributed by atoms with Crippen LogP contribution in [0.3, 0.4) is 0 Å². The maximum atomic E-state index is 12.5. The number of aryl methyl sites for hydroxylation is 4. The van der Waals surface area contributed by atoms with E-state index in [-0.39, 0.29) is 33.5 Å². The molecule has 25 heteroatoms. The first kappa shape index (κ1) is 67.8. The van der Waals surface area contributed by atoms with E-state index in [4.69, 9.17) is 21.3 Å². The van der Waals surface area contributed by atoms with E-state index in [1.54, 1.807) is 169 Å². The van der Waals surface area contributed by atoms with Crippen LogP contribution in [0.1, 0.15) is 85.0 Å². The summed E-state index contributed by atoms with van der Waals surface area (Å²) in [6.45, 7) is 12.5. The standard InChI is InChI=1S/C16H18N2O3.C13H12N2O3.C12H10N2O3.C11H11N3O.C7H6O4.C5H6N2/c1-11-13(8-5-9-17-11)18-10-6-7-12(14(18)19)15(20)21-16(2,3)4;1-9-11(6-3-7-14-9)15-8-4-5-10(12(15)16)13(17)18-2;1-8-10(5-2-6-13-8)14-7-3-4-9(11(14)15)12(16)17;1-8-10(5-2-6-13-8)14-7-3-4-9(12)11(14)15;1-10-6(8)5-3-2-4-11-7(5)9;6-5-2-1-3-7-4-5/h5-10H,1-4H3;3-8H,1-2H3;2-7H,1H3,(H,16,17);2-7H,12H2,1H3;2-4H,1H3;1-4H,6H2. The van der Waals surface area contributed by atoms with Gasteiger partial charge in [-0.2, -0.15) is 0 Å². The first-order valence-electron chi connectivity index (χ1n) is 26.6. The molecule has 0 aliphatic heterocycles. The second-order valence-electron chi connectivity index (χ2n) is 19.3. The zero-order valence-electron chi connectivity index (χ0n) is 49.8. The van der Waals surface area contributed by atoms with Crippen LogP contribution in [0.4, 0.5) is 11.4 Å². The fourth-order valence-electron chi connectivity index (χ4n) is 7.60. The van der Waals surface area contributed by atoms with E-state index < -0.39 is 51.8 Å². The largest absolute Gasteiger partial charge is 0.477 e. The highest BCUT2D eigenvalue weighted by molar-refractivity contribution is 5.90. The van der Waals surface area contributed by atoms with Crippen molar-refractivity contribution in [1.82, 2.24) is 43.2 Å². The Bertz CT molecular complexity index is 4400. The highest BCUT2D eigenvalue weighted by Gasteiger charge is 2.22. The van der Waals surface area contributed by atoms with Gasteiger partial charge in [0, 0.05) is 62.0 Å². The summed E-state index contributed by atoms with van der Waals surface area (Å²) in [6.07, 6.45) is 17.5. The van der Waals surface area contributed by atoms with Crippen molar-refractivity contribution in [2.45, 2.75) is 54.1 Å². The molecule has 10 rings (SSSR count). The number of carbonyl (C=O) groups excluding carboxylic acids is 3. The van der Waals surface area contributed by atoms with Gasteiger partial charge in [0.2, 0.25) is 0 Å². The summed E-state index contributed by atoms with van der Waals surface area (Å²) < 4.78 is 24.1. The van der Waals surface area contributed by atoms with Gasteiger partial charge in [0.05, 0.1) is 77.4 Å². The van der Waals surface area contributed by atoms with Crippen LogP contribution < -0.4 is 39.3 Å². The van der Waals surface area contributed by atoms with E-state index in [0.717, 1.165) is 11.4 Å². The molecular formula is C64H63N11O14. The molecule has 10 heterocycles. The smallest absolute Gasteiger partial charge is 0.350 e. The average Bonchev–Trinajstić information content (AvgIpc) is 1.14. The quantitative estimate of drug-likeness (QED) is 0.0993. The summed E-state index contributed by atoms with van der Waals surface area (Å²) in [5.41, 5.74) is 14.1. The molecule has 0 aliphatic carbocycles. The number of nitrogen functional groups attached to an aromatic ring is 2. The van der Waals surface area contributed by atoms with Crippen LogP contribution in [0, 0.1) is 27.7 Å². The van der Waals surface area contributed by atoms with Crippen molar-refractivity contribution in [2.75, 3.05) is 25.7 Å². The summed E-state index contributed by atoms with van der Waals surface area (Å²) in [7, 11) is 2.45. The van der Waals surface area contributed by atoms with Gasteiger partial charge < -0.3 is 35.2 Å². The molecule has 0 amide bonds. The molecular weight excluding hydrogens is 1150 g/mol. The second kappa shape index (κ2) is 32.3. The molecule has 0 fully saturated rings. The predicted molar refractivity (Wildman–Crippen MR) is 331 cm³/mol. The predicted octanol–water partition coefficient (Wildman–Crippen LogP) is 7.28. The summed E-state index contributed by atoms with van der Waals surface area (Å²) >= 11 is 0. The maximum Gasteiger partial charge on any atom is 0.350 e. The highest BCUT2D eigenvalue weighted by atomic mass is 16.6. The average molecular weight is 1210 g/mol. The van der Waals surface area contributed by atoms with E-state index in [2.05, 4.69) is 38.8 Å². The highest BCUT2D eigenvalue weighted by Crippen LogP contribution is 2.14. The van der Waals surface area contributed by atoms with Gasteiger partial charge in [0.15, 0.2) is 0 Å². The van der Waals surface area contributed by atoms with E-state index >= 15 is 0 Å². The molecule has 10 aromatic rings.